The van der Waals surface area contributed by atoms with Crippen molar-refractivity contribution in [2.24, 2.45) is 11.7 Å². The minimum atomic E-state index is -0.397. The summed E-state index contributed by atoms with van der Waals surface area (Å²) in [5.74, 6) is 1.24. The second-order valence-electron chi connectivity index (χ2n) is 5.04. The van der Waals surface area contributed by atoms with Crippen molar-refractivity contribution in [2.45, 2.75) is 64.4 Å². The molecule has 3 unspecified atom stereocenters. The molecule has 0 heterocycles. The van der Waals surface area contributed by atoms with Crippen LogP contribution in [0.5, 0.6) is 0 Å². The molecule has 0 bridgehead atoms. The van der Waals surface area contributed by atoms with Crippen LogP contribution in [-0.2, 0) is 4.79 Å². The van der Waals surface area contributed by atoms with Gasteiger partial charge in [0.25, 0.3) is 0 Å². The van der Waals surface area contributed by atoms with E-state index in [1.54, 1.807) is 11.8 Å². The van der Waals surface area contributed by atoms with Crippen LogP contribution in [0.1, 0.15) is 47.0 Å². The number of rotatable bonds is 9. The third-order valence-corrected chi connectivity index (χ3v) is 4.51. The first kappa shape index (κ1) is 16.9. The fourth-order valence-corrected chi connectivity index (χ4v) is 2.82. The minimum absolute atomic E-state index is 0.0176. The molecule has 102 valence electrons. The standard InChI is InChI=1S/C13H27NO2S/c1-5-13(12(16)7-6-9(2)3)17-8-11(14)10(4)15/h9,11-13,16H,5-8,14H2,1-4H3. The van der Waals surface area contributed by atoms with Crippen molar-refractivity contribution < 1.29 is 9.90 Å². The second kappa shape index (κ2) is 8.95. The van der Waals surface area contributed by atoms with Crippen LogP contribution in [0.3, 0.4) is 0 Å². The maximum Gasteiger partial charge on any atom is 0.147 e. The summed E-state index contributed by atoms with van der Waals surface area (Å²) in [7, 11) is 0. The third-order valence-electron chi connectivity index (χ3n) is 2.88. The summed E-state index contributed by atoms with van der Waals surface area (Å²) in [5.41, 5.74) is 5.69. The van der Waals surface area contributed by atoms with Gasteiger partial charge >= 0.3 is 0 Å². The molecule has 0 saturated carbocycles. The molecule has 4 heteroatoms. The monoisotopic (exact) mass is 261 g/mol. The number of carbonyl (C=O) groups excluding carboxylic acids is 1. The average molecular weight is 261 g/mol. The number of carbonyl (C=O) groups is 1. The lowest BCUT2D eigenvalue weighted by molar-refractivity contribution is -0.117. The zero-order valence-electron chi connectivity index (χ0n) is 11.5. The highest BCUT2D eigenvalue weighted by Gasteiger charge is 2.20. The molecule has 0 saturated heterocycles. The van der Waals surface area contributed by atoms with Gasteiger partial charge in [-0.25, -0.2) is 0 Å². The van der Waals surface area contributed by atoms with Gasteiger partial charge in [-0.1, -0.05) is 20.8 Å². The van der Waals surface area contributed by atoms with E-state index in [2.05, 4.69) is 20.8 Å². The summed E-state index contributed by atoms with van der Waals surface area (Å²) >= 11 is 1.62. The van der Waals surface area contributed by atoms with Crippen molar-refractivity contribution in [1.82, 2.24) is 0 Å². The van der Waals surface area contributed by atoms with Gasteiger partial charge in [0.15, 0.2) is 0 Å². The van der Waals surface area contributed by atoms with E-state index in [4.69, 9.17) is 5.73 Å². The summed E-state index contributed by atoms with van der Waals surface area (Å²) in [6, 6.07) is -0.397. The topological polar surface area (TPSA) is 63.3 Å². The molecule has 0 radical (unpaired) electrons. The van der Waals surface area contributed by atoms with Crippen molar-refractivity contribution in [3.8, 4) is 0 Å². The predicted molar refractivity (Wildman–Crippen MR) is 75.3 cm³/mol. The molecule has 0 amide bonds. The molecular formula is C13H27NO2S. The van der Waals surface area contributed by atoms with Crippen molar-refractivity contribution >= 4 is 17.5 Å². The first-order valence-electron chi connectivity index (χ1n) is 6.44. The molecule has 3 N–H and O–H groups in total. The van der Waals surface area contributed by atoms with E-state index >= 15 is 0 Å². The van der Waals surface area contributed by atoms with Gasteiger partial charge in [-0.05, 0) is 32.1 Å². The Balaban J connectivity index is 4.00. The Hall–Kier alpha value is -0.0600. The van der Waals surface area contributed by atoms with Crippen LogP contribution >= 0.6 is 11.8 Å². The molecule has 0 aliphatic rings. The number of hydrogen-bond donors (Lipinski definition) is 2. The number of aliphatic hydroxyl groups is 1. The molecule has 0 rings (SSSR count). The van der Waals surface area contributed by atoms with E-state index in [0.717, 1.165) is 19.3 Å². The Kier molecular flexibility index (Phi) is 8.92. The maximum absolute atomic E-state index is 11.0. The second-order valence-corrected chi connectivity index (χ2v) is 6.31. The molecule has 3 atom stereocenters. The Morgan fingerprint density at radius 2 is 1.94 bits per heavy atom. The van der Waals surface area contributed by atoms with Crippen LogP contribution < -0.4 is 5.73 Å². The molecule has 0 fully saturated rings. The number of nitrogens with two attached hydrogens (primary N) is 1. The number of thioether (sulfide) groups is 1. The Labute approximate surface area is 110 Å². The van der Waals surface area contributed by atoms with Gasteiger partial charge in [-0.2, -0.15) is 11.8 Å². The molecule has 0 spiro atoms. The highest BCUT2D eigenvalue weighted by Crippen LogP contribution is 2.23. The van der Waals surface area contributed by atoms with E-state index in [9.17, 15) is 9.90 Å². The zero-order chi connectivity index (χ0) is 13.4. The van der Waals surface area contributed by atoms with Crippen molar-refractivity contribution in [2.75, 3.05) is 5.75 Å². The van der Waals surface area contributed by atoms with Gasteiger partial charge in [0.1, 0.15) is 5.78 Å². The van der Waals surface area contributed by atoms with E-state index < -0.39 is 6.04 Å². The predicted octanol–water partition coefficient (Wildman–Crippen LogP) is 2.21. The van der Waals surface area contributed by atoms with E-state index in [1.807, 2.05) is 0 Å². The van der Waals surface area contributed by atoms with Gasteiger partial charge in [-0.3, -0.25) is 4.79 Å². The average Bonchev–Trinajstić information content (AvgIpc) is 2.26. The highest BCUT2D eigenvalue weighted by molar-refractivity contribution is 8.00. The number of Topliss-reactive ketones (excluding diaryl/α,β-unsaturated/α-hetero) is 1. The van der Waals surface area contributed by atoms with Crippen molar-refractivity contribution in [1.29, 1.82) is 0 Å². The quantitative estimate of drug-likeness (QED) is 0.668. The highest BCUT2D eigenvalue weighted by atomic mass is 32.2. The molecule has 3 nitrogen and oxygen atoms in total. The lowest BCUT2D eigenvalue weighted by Gasteiger charge is -2.22. The summed E-state index contributed by atoms with van der Waals surface area (Å²) in [6.45, 7) is 7.90. The van der Waals surface area contributed by atoms with Gasteiger partial charge < -0.3 is 10.8 Å². The zero-order valence-corrected chi connectivity index (χ0v) is 12.3. The molecule has 0 aliphatic heterocycles. The van der Waals surface area contributed by atoms with Crippen LogP contribution in [0.25, 0.3) is 0 Å². The maximum atomic E-state index is 11.0. The summed E-state index contributed by atoms with van der Waals surface area (Å²) in [6.07, 6.45) is 2.50. The molecule has 0 aromatic heterocycles. The van der Waals surface area contributed by atoms with Crippen LogP contribution in [0.15, 0.2) is 0 Å². The number of aliphatic hydroxyl groups excluding tert-OH is 1. The minimum Gasteiger partial charge on any atom is -0.392 e. The van der Waals surface area contributed by atoms with E-state index in [1.165, 1.54) is 6.92 Å². The Bertz CT molecular complexity index is 221. The van der Waals surface area contributed by atoms with Gasteiger partial charge in [-0.15, -0.1) is 0 Å². The van der Waals surface area contributed by atoms with Gasteiger partial charge in [0, 0.05) is 11.0 Å². The van der Waals surface area contributed by atoms with E-state index in [0.29, 0.717) is 11.7 Å². The van der Waals surface area contributed by atoms with Gasteiger partial charge in [0.2, 0.25) is 0 Å². The van der Waals surface area contributed by atoms with Crippen LogP contribution in [0.4, 0.5) is 0 Å². The number of ketones is 1. The van der Waals surface area contributed by atoms with Crippen LogP contribution in [0, 0.1) is 5.92 Å². The van der Waals surface area contributed by atoms with Crippen LogP contribution in [0.2, 0.25) is 0 Å². The van der Waals surface area contributed by atoms with Crippen molar-refractivity contribution in [3.63, 3.8) is 0 Å². The summed E-state index contributed by atoms with van der Waals surface area (Å²) in [4.78, 5) is 11.0. The first-order valence-corrected chi connectivity index (χ1v) is 7.49. The largest absolute Gasteiger partial charge is 0.392 e. The fraction of sp³-hybridized carbons (Fsp3) is 0.923. The molecule has 0 aromatic rings. The summed E-state index contributed by atoms with van der Waals surface area (Å²) < 4.78 is 0. The smallest absolute Gasteiger partial charge is 0.147 e. The molecular weight excluding hydrogens is 234 g/mol. The summed E-state index contributed by atoms with van der Waals surface area (Å²) in [5, 5.41) is 10.3. The molecule has 17 heavy (non-hydrogen) atoms. The van der Waals surface area contributed by atoms with E-state index in [-0.39, 0.29) is 17.1 Å². The fourth-order valence-electron chi connectivity index (χ4n) is 1.54. The van der Waals surface area contributed by atoms with Gasteiger partial charge in [0.05, 0.1) is 12.1 Å². The van der Waals surface area contributed by atoms with Crippen LogP contribution in [-0.4, -0.2) is 34.0 Å². The number of hydrogen-bond acceptors (Lipinski definition) is 4. The third kappa shape index (κ3) is 7.79. The lowest BCUT2D eigenvalue weighted by atomic mass is 10.0. The normalized spacial score (nSPS) is 16.9. The Morgan fingerprint density at radius 1 is 1.35 bits per heavy atom. The lowest BCUT2D eigenvalue weighted by Crippen LogP contribution is -2.33. The first-order chi connectivity index (χ1) is 7.88. The van der Waals surface area contributed by atoms with Crippen molar-refractivity contribution in [3.05, 3.63) is 0 Å². The molecule has 0 aliphatic carbocycles. The SMILES string of the molecule is CCC(SCC(N)C(C)=O)C(O)CCC(C)C. The molecule has 0 aromatic carbocycles. The Morgan fingerprint density at radius 3 is 2.35 bits per heavy atom.